The zero-order valence-electron chi connectivity index (χ0n) is 19.8. The minimum atomic E-state index is -0.537. The summed E-state index contributed by atoms with van der Waals surface area (Å²) >= 11 is 0. The van der Waals surface area contributed by atoms with Crippen molar-refractivity contribution in [3.63, 3.8) is 0 Å². The average Bonchev–Trinajstić information content (AvgIpc) is 3.31. The second kappa shape index (κ2) is 13.1. The van der Waals surface area contributed by atoms with Crippen LogP contribution in [-0.2, 0) is 20.8 Å². The summed E-state index contributed by atoms with van der Waals surface area (Å²) in [6, 6.07) is 14.0. The molecule has 1 fully saturated rings. The van der Waals surface area contributed by atoms with Gasteiger partial charge in [0.25, 0.3) is 0 Å². The van der Waals surface area contributed by atoms with Crippen molar-refractivity contribution < 1.29 is 14.4 Å². The monoisotopic (exact) mass is 451 g/mol. The van der Waals surface area contributed by atoms with Crippen molar-refractivity contribution in [2.75, 3.05) is 26.2 Å². The van der Waals surface area contributed by atoms with Crippen LogP contribution < -0.4 is 10.6 Å². The number of carbonyl (C=O) groups is 3. The third-order valence-corrected chi connectivity index (χ3v) is 6.31. The number of rotatable bonds is 13. The molecule has 2 aromatic carbocycles. The largest absolute Gasteiger partial charge is 0.354 e. The van der Waals surface area contributed by atoms with Crippen LogP contribution in [0.3, 0.4) is 0 Å². The highest BCUT2D eigenvalue weighted by Crippen LogP contribution is 2.18. The fourth-order valence-electron chi connectivity index (χ4n) is 4.51. The topological polar surface area (TPSA) is 78.5 Å². The van der Waals surface area contributed by atoms with E-state index in [0.29, 0.717) is 25.9 Å². The van der Waals surface area contributed by atoms with Crippen molar-refractivity contribution in [2.24, 2.45) is 0 Å². The van der Waals surface area contributed by atoms with E-state index < -0.39 is 6.04 Å². The Morgan fingerprint density at radius 3 is 2.52 bits per heavy atom. The fourth-order valence-corrected chi connectivity index (χ4v) is 4.51. The molecule has 2 amide bonds. The maximum Gasteiger partial charge on any atom is 0.242 e. The molecule has 1 saturated heterocycles. The normalized spacial score (nSPS) is 14.8. The summed E-state index contributed by atoms with van der Waals surface area (Å²) in [4.78, 5) is 38.8. The van der Waals surface area contributed by atoms with Crippen molar-refractivity contribution in [1.29, 1.82) is 0 Å². The number of hydrogen-bond acceptors (Lipinski definition) is 4. The third-order valence-electron chi connectivity index (χ3n) is 6.31. The maximum atomic E-state index is 12.9. The number of fused-ring (bicyclic) bond motifs is 1. The summed E-state index contributed by atoms with van der Waals surface area (Å²) in [7, 11) is 0. The van der Waals surface area contributed by atoms with Gasteiger partial charge in [0.15, 0.2) is 0 Å². The molecular weight excluding hydrogens is 414 g/mol. The van der Waals surface area contributed by atoms with Crippen LogP contribution in [0.4, 0.5) is 0 Å². The lowest BCUT2D eigenvalue weighted by Gasteiger charge is -2.21. The molecule has 1 unspecified atom stereocenters. The first-order valence-electron chi connectivity index (χ1n) is 12.3. The van der Waals surface area contributed by atoms with Crippen LogP contribution in [0, 0.1) is 0 Å². The number of benzene rings is 2. The summed E-state index contributed by atoms with van der Waals surface area (Å²) in [6.45, 7) is 4.37. The van der Waals surface area contributed by atoms with Crippen molar-refractivity contribution in [1.82, 2.24) is 15.5 Å². The quantitative estimate of drug-likeness (QED) is 0.456. The summed E-state index contributed by atoms with van der Waals surface area (Å²) in [6.07, 6.45) is 6.66. The van der Waals surface area contributed by atoms with E-state index in [4.69, 9.17) is 0 Å². The molecule has 0 spiro atoms. The van der Waals surface area contributed by atoms with E-state index in [1.165, 1.54) is 16.3 Å². The lowest BCUT2D eigenvalue weighted by atomic mass is 10.0. The summed E-state index contributed by atoms with van der Waals surface area (Å²) in [5, 5.41) is 8.39. The minimum Gasteiger partial charge on any atom is -0.354 e. The number of ketones is 1. The third kappa shape index (κ3) is 8.28. The first kappa shape index (κ1) is 24.9. The van der Waals surface area contributed by atoms with E-state index in [-0.39, 0.29) is 17.6 Å². The van der Waals surface area contributed by atoms with E-state index in [1.807, 2.05) is 18.2 Å². The van der Waals surface area contributed by atoms with Gasteiger partial charge < -0.3 is 15.4 Å². The number of Topliss-reactive ketones (excluding diaryl/α,β-unsaturated/α-hetero) is 1. The number of amides is 2. The van der Waals surface area contributed by atoms with Crippen molar-refractivity contribution in [3.05, 3.63) is 48.0 Å². The Hall–Kier alpha value is -2.73. The first-order valence-corrected chi connectivity index (χ1v) is 12.3. The summed E-state index contributed by atoms with van der Waals surface area (Å²) in [5.74, 6) is -0.0249. The number of likely N-dealkylation sites (tertiary alicyclic amines) is 1. The van der Waals surface area contributed by atoms with Crippen molar-refractivity contribution in [2.45, 2.75) is 64.3 Å². The van der Waals surface area contributed by atoms with Crippen LogP contribution in [0.2, 0.25) is 0 Å². The molecule has 6 heteroatoms. The van der Waals surface area contributed by atoms with E-state index >= 15 is 0 Å². The number of nitrogens with zero attached hydrogens (tertiary/aromatic N) is 1. The molecule has 0 bridgehead atoms. The van der Waals surface area contributed by atoms with E-state index in [0.717, 1.165) is 51.6 Å². The average molecular weight is 452 g/mol. The molecule has 1 atom stereocenters. The molecule has 2 aromatic rings. The number of carbonyl (C=O) groups excluding carboxylic acids is 3. The highest BCUT2D eigenvalue weighted by molar-refractivity contribution is 5.88. The van der Waals surface area contributed by atoms with Gasteiger partial charge >= 0.3 is 0 Å². The molecular formula is C27H37N3O3. The van der Waals surface area contributed by atoms with Gasteiger partial charge in [-0.2, -0.15) is 0 Å². The molecule has 0 radical (unpaired) electrons. The van der Waals surface area contributed by atoms with Crippen LogP contribution in [0.5, 0.6) is 0 Å². The van der Waals surface area contributed by atoms with Crippen LogP contribution in [-0.4, -0.2) is 54.7 Å². The Kier molecular flexibility index (Phi) is 9.88. The van der Waals surface area contributed by atoms with Gasteiger partial charge in [-0.1, -0.05) is 55.3 Å². The molecule has 0 saturated carbocycles. The van der Waals surface area contributed by atoms with Crippen LogP contribution in [0.25, 0.3) is 10.8 Å². The van der Waals surface area contributed by atoms with Gasteiger partial charge in [0.05, 0.1) is 6.54 Å². The van der Waals surface area contributed by atoms with Crippen LogP contribution in [0.15, 0.2) is 42.5 Å². The molecule has 1 aliphatic rings. The highest BCUT2D eigenvalue weighted by atomic mass is 16.2. The molecule has 1 heterocycles. The van der Waals surface area contributed by atoms with E-state index in [2.05, 4.69) is 39.8 Å². The Morgan fingerprint density at radius 2 is 1.73 bits per heavy atom. The maximum absolute atomic E-state index is 12.9. The highest BCUT2D eigenvalue weighted by Gasteiger charge is 2.22. The van der Waals surface area contributed by atoms with Crippen molar-refractivity contribution in [3.8, 4) is 0 Å². The lowest BCUT2D eigenvalue weighted by molar-refractivity contribution is -0.129. The molecule has 178 valence electrons. The second-order valence-electron chi connectivity index (χ2n) is 9.08. The molecule has 33 heavy (non-hydrogen) atoms. The lowest BCUT2D eigenvalue weighted by Crippen LogP contribution is -2.49. The van der Waals surface area contributed by atoms with E-state index in [9.17, 15) is 14.4 Å². The van der Waals surface area contributed by atoms with Crippen LogP contribution >= 0.6 is 0 Å². The van der Waals surface area contributed by atoms with Gasteiger partial charge in [-0.15, -0.1) is 0 Å². The Labute approximate surface area is 197 Å². The smallest absolute Gasteiger partial charge is 0.242 e. The Morgan fingerprint density at radius 1 is 0.970 bits per heavy atom. The molecule has 2 N–H and O–H groups in total. The van der Waals surface area contributed by atoms with Crippen molar-refractivity contribution >= 4 is 28.4 Å². The zero-order valence-corrected chi connectivity index (χ0v) is 19.8. The molecule has 3 rings (SSSR count). The van der Waals surface area contributed by atoms with Gasteiger partial charge in [0.1, 0.15) is 11.8 Å². The molecule has 6 nitrogen and oxygen atoms in total. The Balaban J connectivity index is 1.52. The van der Waals surface area contributed by atoms with Gasteiger partial charge in [0, 0.05) is 13.0 Å². The predicted molar refractivity (Wildman–Crippen MR) is 132 cm³/mol. The van der Waals surface area contributed by atoms with Gasteiger partial charge in [-0.25, -0.2) is 0 Å². The summed E-state index contributed by atoms with van der Waals surface area (Å²) in [5.41, 5.74) is 1.20. The molecule has 1 aliphatic heterocycles. The summed E-state index contributed by atoms with van der Waals surface area (Å²) < 4.78 is 0. The van der Waals surface area contributed by atoms with Gasteiger partial charge in [-0.05, 0) is 68.5 Å². The number of hydrogen-bond donors (Lipinski definition) is 2. The first-order chi connectivity index (χ1) is 16.0. The SMILES string of the molecule is CC(=O)CCCCCC(NC(=O)CN1CCCC1)C(=O)NCCc1cccc2ccccc12. The molecule has 0 aliphatic carbocycles. The fraction of sp³-hybridized carbons (Fsp3) is 0.519. The molecule has 0 aromatic heterocycles. The van der Waals surface area contributed by atoms with Gasteiger partial charge in [-0.3, -0.25) is 14.5 Å². The van der Waals surface area contributed by atoms with Crippen LogP contribution in [0.1, 0.15) is 57.4 Å². The minimum absolute atomic E-state index is 0.0881. The Bertz CT molecular complexity index is 932. The van der Waals surface area contributed by atoms with E-state index in [1.54, 1.807) is 6.92 Å². The standard InChI is InChI=1S/C27H37N3O3/c1-21(31)10-3-2-4-15-25(29-26(32)20-30-18-7-8-19-30)27(33)28-17-16-23-13-9-12-22-11-5-6-14-24(22)23/h5-6,9,11-14,25H,2-4,7-8,10,15-20H2,1H3,(H,28,33)(H,29,32). The van der Waals surface area contributed by atoms with Gasteiger partial charge in [0.2, 0.25) is 11.8 Å². The second-order valence-corrected chi connectivity index (χ2v) is 9.08. The predicted octanol–water partition coefficient (Wildman–Crippen LogP) is 3.62. The zero-order chi connectivity index (χ0) is 23.5. The number of unbranched alkanes of at least 4 members (excludes halogenated alkanes) is 2. The number of nitrogens with one attached hydrogen (secondary N) is 2.